The molecule has 0 fully saturated rings. The van der Waals surface area contributed by atoms with E-state index in [4.69, 9.17) is 23.6 Å². The molecule has 0 saturated carbocycles. The van der Waals surface area contributed by atoms with E-state index in [1.807, 2.05) is 0 Å². The van der Waals surface area contributed by atoms with Crippen LogP contribution in [0.15, 0.2) is 24.3 Å². The fourth-order valence-corrected chi connectivity index (χ4v) is 8.24. The van der Waals surface area contributed by atoms with Crippen LogP contribution in [0, 0.1) is 0 Å². The molecule has 0 radical (unpaired) electrons. The van der Waals surface area contributed by atoms with Crippen LogP contribution in [0.3, 0.4) is 0 Å². The van der Waals surface area contributed by atoms with E-state index in [9.17, 15) is 19.4 Å². The van der Waals surface area contributed by atoms with E-state index in [0.717, 1.165) is 44.9 Å². The van der Waals surface area contributed by atoms with Crippen molar-refractivity contribution in [3.05, 3.63) is 24.3 Å². The van der Waals surface area contributed by atoms with Gasteiger partial charge in [-0.2, -0.15) is 0 Å². The lowest BCUT2D eigenvalue weighted by Gasteiger charge is -2.20. The van der Waals surface area contributed by atoms with Crippen LogP contribution in [-0.2, 0) is 27.9 Å². The molecule has 10 heteroatoms. The van der Waals surface area contributed by atoms with Gasteiger partial charge in [0.15, 0.2) is 0 Å². The molecule has 0 aromatic rings. The van der Waals surface area contributed by atoms with Crippen molar-refractivity contribution >= 4 is 13.8 Å². The zero-order valence-corrected chi connectivity index (χ0v) is 40.8. The summed E-state index contributed by atoms with van der Waals surface area (Å²) in [4.78, 5) is 22.7. The van der Waals surface area contributed by atoms with E-state index in [0.29, 0.717) is 6.61 Å². The Morgan fingerprint density at radius 3 is 1.33 bits per heavy atom. The molecule has 0 aliphatic rings. The second kappa shape index (κ2) is 48.4. The molecule has 3 unspecified atom stereocenters. The molecular formula is C51H99O9P. The number of phosphoric acid groups is 1. The predicted molar refractivity (Wildman–Crippen MR) is 256 cm³/mol. The van der Waals surface area contributed by atoms with E-state index < -0.39 is 33.2 Å². The number of hydrogen-bond donors (Lipinski definition) is 3. The Bertz CT molecular complexity index is 1010. The summed E-state index contributed by atoms with van der Waals surface area (Å²) in [6.07, 6.45) is 52.8. The minimum Gasteiger partial charge on any atom is -0.457 e. The lowest BCUT2D eigenvalue weighted by atomic mass is 10.0. The summed E-state index contributed by atoms with van der Waals surface area (Å²) in [7, 11) is -4.52. The van der Waals surface area contributed by atoms with Crippen LogP contribution in [0.25, 0.3) is 0 Å². The Kier molecular flexibility index (Phi) is 47.6. The maximum Gasteiger partial charge on any atom is 0.472 e. The summed E-state index contributed by atoms with van der Waals surface area (Å²) in [6.45, 7) is 3.55. The third-order valence-corrected chi connectivity index (χ3v) is 12.3. The molecule has 9 nitrogen and oxygen atoms in total. The number of carbonyl (C=O) groups excluding carboxylic acids is 1. The minimum absolute atomic E-state index is 0.0497. The van der Waals surface area contributed by atoms with Gasteiger partial charge in [-0.3, -0.25) is 13.8 Å². The van der Waals surface area contributed by atoms with Gasteiger partial charge in [-0.1, -0.05) is 224 Å². The number of allylic oxidation sites excluding steroid dienone is 4. The highest BCUT2D eigenvalue weighted by molar-refractivity contribution is 7.47. The lowest BCUT2D eigenvalue weighted by Crippen LogP contribution is -2.29. The topological polar surface area (TPSA) is 132 Å². The minimum atomic E-state index is -4.52. The average Bonchev–Trinajstić information content (AvgIpc) is 3.25. The highest BCUT2D eigenvalue weighted by atomic mass is 31.2. The second-order valence-corrected chi connectivity index (χ2v) is 19.0. The van der Waals surface area contributed by atoms with Crippen molar-refractivity contribution in [1.29, 1.82) is 0 Å². The lowest BCUT2D eigenvalue weighted by molar-refractivity contribution is -0.154. The standard InChI is InChI=1S/C51H99O9P/c1-3-5-7-9-11-13-15-17-19-21-23-24-25-27-29-31-33-35-37-39-41-43-51(54)60-50(48-59-61(55,56)58-46-49(53)45-52)47-57-44-42-40-38-36-34-32-30-28-26-22-20-18-16-14-12-10-8-6-4-2/h14,16,20,22,49-50,52-53H,3-13,15,17-19,21,23-48H2,1-2H3,(H,55,56)/b16-14-,22-20-. The molecule has 0 aromatic carbocycles. The number of unbranched alkanes of at least 4 members (excludes halogenated alkanes) is 32. The van der Waals surface area contributed by atoms with Crippen LogP contribution in [0.2, 0.25) is 0 Å². The van der Waals surface area contributed by atoms with Gasteiger partial charge >= 0.3 is 13.8 Å². The van der Waals surface area contributed by atoms with Crippen LogP contribution < -0.4 is 0 Å². The summed E-state index contributed by atoms with van der Waals surface area (Å²) in [5.41, 5.74) is 0. The summed E-state index contributed by atoms with van der Waals surface area (Å²) < 4.78 is 33.5. The van der Waals surface area contributed by atoms with Crippen LogP contribution in [0.5, 0.6) is 0 Å². The van der Waals surface area contributed by atoms with Gasteiger partial charge < -0.3 is 24.6 Å². The third-order valence-electron chi connectivity index (χ3n) is 11.4. The third kappa shape index (κ3) is 48.2. The van der Waals surface area contributed by atoms with E-state index in [1.165, 1.54) is 186 Å². The molecule has 0 saturated heterocycles. The summed E-state index contributed by atoms with van der Waals surface area (Å²) in [5.74, 6) is -0.379. The van der Waals surface area contributed by atoms with Gasteiger partial charge in [0.1, 0.15) is 12.2 Å². The van der Waals surface area contributed by atoms with Crippen LogP contribution in [0.1, 0.15) is 251 Å². The first-order chi connectivity index (χ1) is 29.8. The first kappa shape index (κ1) is 59.9. The molecule has 0 heterocycles. The molecule has 0 bridgehead atoms. The van der Waals surface area contributed by atoms with Gasteiger partial charge in [0.2, 0.25) is 0 Å². The number of aliphatic hydroxyl groups excluding tert-OH is 2. The molecule has 61 heavy (non-hydrogen) atoms. The SMILES string of the molecule is CCCCCC/C=C\C/C=C\CCCCCCCCCCOCC(COP(=O)(O)OCC(O)CO)OC(=O)CCCCCCCCCCCCCCCCCCCCCCC. The predicted octanol–water partition coefficient (Wildman–Crippen LogP) is 15.0. The van der Waals surface area contributed by atoms with Crippen LogP contribution >= 0.6 is 7.82 Å². The number of ether oxygens (including phenoxy) is 2. The van der Waals surface area contributed by atoms with Crippen LogP contribution in [0.4, 0.5) is 0 Å². The Morgan fingerprint density at radius 1 is 0.508 bits per heavy atom. The van der Waals surface area contributed by atoms with Gasteiger partial charge in [0.25, 0.3) is 0 Å². The molecule has 362 valence electrons. The Morgan fingerprint density at radius 2 is 0.885 bits per heavy atom. The van der Waals surface area contributed by atoms with Gasteiger partial charge in [0, 0.05) is 13.0 Å². The second-order valence-electron chi connectivity index (χ2n) is 17.5. The van der Waals surface area contributed by atoms with E-state index in [-0.39, 0.29) is 25.6 Å². The quantitative estimate of drug-likeness (QED) is 0.0236. The molecule has 0 amide bonds. The maximum absolute atomic E-state index is 12.7. The molecule has 3 atom stereocenters. The Balaban J connectivity index is 4.05. The number of carbonyl (C=O) groups is 1. The van der Waals surface area contributed by atoms with Crippen molar-refractivity contribution in [2.45, 2.75) is 264 Å². The van der Waals surface area contributed by atoms with Gasteiger partial charge in [-0.05, 0) is 44.9 Å². The molecule has 0 aromatic heterocycles. The Hall–Kier alpha value is -1.06. The van der Waals surface area contributed by atoms with E-state index >= 15 is 0 Å². The fourth-order valence-electron chi connectivity index (χ4n) is 7.45. The van der Waals surface area contributed by atoms with Crippen LogP contribution in [-0.4, -0.2) is 66.3 Å². The van der Waals surface area contributed by atoms with Gasteiger partial charge in [-0.25, -0.2) is 4.57 Å². The highest BCUT2D eigenvalue weighted by Crippen LogP contribution is 2.43. The molecular weight excluding hydrogens is 788 g/mol. The number of hydrogen-bond acceptors (Lipinski definition) is 8. The monoisotopic (exact) mass is 887 g/mol. The van der Waals surface area contributed by atoms with Crippen molar-refractivity contribution in [1.82, 2.24) is 0 Å². The summed E-state index contributed by atoms with van der Waals surface area (Å²) >= 11 is 0. The number of esters is 1. The molecule has 0 aliphatic carbocycles. The molecule has 0 rings (SSSR count). The van der Waals surface area contributed by atoms with E-state index in [2.05, 4.69) is 38.2 Å². The van der Waals surface area contributed by atoms with E-state index in [1.54, 1.807) is 0 Å². The zero-order valence-electron chi connectivity index (χ0n) is 39.9. The average molecular weight is 887 g/mol. The summed E-state index contributed by atoms with van der Waals surface area (Å²) in [6, 6.07) is 0. The number of aliphatic hydroxyl groups is 2. The number of phosphoric ester groups is 1. The first-order valence-corrected chi connectivity index (χ1v) is 27.3. The largest absolute Gasteiger partial charge is 0.472 e. The maximum atomic E-state index is 12.7. The summed E-state index contributed by atoms with van der Waals surface area (Å²) in [5, 5.41) is 18.4. The zero-order chi connectivity index (χ0) is 44.6. The Labute approximate surface area is 376 Å². The molecule has 0 aliphatic heterocycles. The first-order valence-electron chi connectivity index (χ1n) is 25.8. The molecule has 0 spiro atoms. The smallest absolute Gasteiger partial charge is 0.457 e. The van der Waals surface area contributed by atoms with Crippen molar-refractivity contribution < 1.29 is 43.0 Å². The van der Waals surface area contributed by atoms with Crippen molar-refractivity contribution in [2.75, 3.05) is 33.0 Å². The fraction of sp³-hybridized carbons (Fsp3) is 0.902. The van der Waals surface area contributed by atoms with Crippen molar-refractivity contribution in [2.24, 2.45) is 0 Å². The van der Waals surface area contributed by atoms with Crippen molar-refractivity contribution in [3.63, 3.8) is 0 Å². The molecule has 3 N–H and O–H groups in total. The van der Waals surface area contributed by atoms with Gasteiger partial charge in [0.05, 0.1) is 26.4 Å². The normalized spacial score (nSPS) is 14.0. The number of rotatable bonds is 50. The van der Waals surface area contributed by atoms with Crippen molar-refractivity contribution in [3.8, 4) is 0 Å². The highest BCUT2D eigenvalue weighted by Gasteiger charge is 2.26. The van der Waals surface area contributed by atoms with Gasteiger partial charge in [-0.15, -0.1) is 0 Å².